The van der Waals surface area contributed by atoms with Crippen LogP contribution in [0.15, 0.2) is 30.5 Å². The summed E-state index contributed by atoms with van der Waals surface area (Å²) in [5.74, 6) is 1.66. The number of hydrogen-bond donors (Lipinski definition) is 2. The maximum Gasteiger partial charge on any atom is 0.126 e. The van der Waals surface area contributed by atoms with Gasteiger partial charge in [0, 0.05) is 6.54 Å². The summed E-state index contributed by atoms with van der Waals surface area (Å²) in [5.41, 5.74) is 6.28. The first-order valence-corrected chi connectivity index (χ1v) is 5.45. The third-order valence-corrected chi connectivity index (χ3v) is 2.74. The summed E-state index contributed by atoms with van der Waals surface area (Å²) in [7, 11) is 0. The summed E-state index contributed by atoms with van der Waals surface area (Å²) in [6.45, 7) is 1.00. The molecule has 1 aromatic rings. The van der Waals surface area contributed by atoms with Crippen molar-refractivity contribution in [2.45, 2.75) is 19.3 Å². The van der Waals surface area contributed by atoms with Gasteiger partial charge in [-0.2, -0.15) is 0 Å². The van der Waals surface area contributed by atoms with Crippen LogP contribution in [0.25, 0.3) is 0 Å². The summed E-state index contributed by atoms with van der Waals surface area (Å²) in [5, 5.41) is 3.34. The Morgan fingerprint density at radius 3 is 3.00 bits per heavy atom. The maximum absolute atomic E-state index is 5.57. The molecule has 80 valence electrons. The predicted octanol–water partition coefficient (Wildman–Crippen LogP) is 2.43. The zero-order valence-corrected chi connectivity index (χ0v) is 8.82. The standard InChI is InChI=1S/C12H17N3/c13-11-6-7-12(15-9-11)14-8-10-4-2-1-3-5-10/h1-2,6-7,9-10H,3-5,8,13H2,(H,14,15). The molecule has 0 amide bonds. The fourth-order valence-electron chi connectivity index (χ4n) is 1.80. The van der Waals surface area contributed by atoms with Gasteiger partial charge in [-0.25, -0.2) is 4.98 Å². The molecule has 0 aromatic carbocycles. The Balaban J connectivity index is 1.82. The first kappa shape index (κ1) is 10.0. The van der Waals surface area contributed by atoms with E-state index in [4.69, 9.17) is 5.73 Å². The summed E-state index contributed by atoms with van der Waals surface area (Å²) in [6, 6.07) is 3.80. The maximum atomic E-state index is 5.57. The van der Waals surface area contributed by atoms with Crippen molar-refractivity contribution in [2.24, 2.45) is 5.92 Å². The molecule has 3 N–H and O–H groups in total. The monoisotopic (exact) mass is 203 g/mol. The number of pyridine rings is 1. The number of hydrogen-bond acceptors (Lipinski definition) is 3. The summed E-state index contributed by atoms with van der Waals surface area (Å²) in [6.07, 6.45) is 9.88. The number of aromatic nitrogens is 1. The number of nitrogens with one attached hydrogen (secondary N) is 1. The SMILES string of the molecule is Nc1ccc(NCC2CC=CCC2)nc1. The average Bonchev–Trinajstić information content (AvgIpc) is 2.30. The van der Waals surface area contributed by atoms with Crippen molar-refractivity contribution >= 4 is 11.5 Å². The Hall–Kier alpha value is -1.51. The minimum atomic E-state index is 0.709. The van der Waals surface area contributed by atoms with Crippen LogP contribution in [0.2, 0.25) is 0 Å². The Kier molecular flexibility index (Phi) is 3.22. The highest BCUT2D eigenvalue weighted by molar-refractivity contribution is 5.43. The molecule has 1 unspecified atom stereocenters. The van der Waals surface area contributed by atoms with E-state index in [9.17, 15) is 0 Å². The molecular weight excluding hydrogens is 186 g/mol. The number of allylic oxidation sites excluding steroid dienone is 2. The molecule has 15 heavy (non-hydrogen) atoms. The highest BCUT2D eigenvalue weighted by Crippen LogP contribution is 2.18. The van der Waals surface area contributed by atoms with Gasteiger partial charge in [-0.15, -0.1) is 0 Å². The van der Waals surface area contributed by atoms with E-state index in [1.165, 1.54) is 19.3 Å². The third-order valence-electron chi connectivity index (χ3n) is 2.74. The van der Waals surface area contributed by atoms with Gasteiger partial charge >= 0.3 is 0 Å². The highest BCUT2D eigenvalue weighted by Gasteiger charge is 2.09. The van der Waals surface area contributed by atoms with Crippen molar-refractivity contribution in [1.29, 1.82) is 0 Å². The molecule has 0 radical (unpaired) electrons. The molecule has 2 rings (SSSR count). The lowest BCUT2D eigenvalue weighted by Gasteiger charge is -2.18. The topological polar surface area (TPSA) is 50.9 Å². The summed E-state index contributed by atoms with van der Waals surface area (Å²) < 4.78 is 0. The van der Waals surface area contributed by atoms with E-state index in [0.29, 0.717) is 5.69 Å². The molecule has 1 heterocycles. The van der Waals surface area contributed by atoms with Crippen LogP contribution in [-0.2, 0) is 0 Å². The molecular formula is C12H17N3. The minimum absolute atomic E-state index is 0.709. The number of anilines is 2. The molecule has 3 heteroatoms. The van der Waals surface area contributed by atoms with Crippen LogP contribution in [0.1, 0.15) is 19.3 Å². The highest BCUT2D eigenvalue weighted by atomic mass is 15.0. The zero-order valence-electron chi connectivity index (χ0n) is 8.82. The molecule has 1 atom stereocenters. The number of nitrogens with zero attached hydrogens (tertiary/aromatic N) is 1. The lowest BCUT2D eigenvalue weighted by atomic mass is 9.94. The van der Waals surface area contributed by atoms with Crippen LogP contribution in [0.3, 0.4) is 0 Å². The quantitative estimate of drug-likeness (QED) is 0.742. The fourth-order valence-corrected chi connectivity index (χ4v) is 1.80. The van der Waals surface area contributed by atoms with Crippen molar-refractivity contribution in [2.75, 3.05) is 17.6 Å². The Morgan fingerprint density at radius 1 is 1.40 bits per heavy atom. The van der Waals surface area contributed by atoms with E-state index in [0.717, 1.165) is 18.3 Å². The molecule has 3 nitrogen and oxygen atoms in total. The summed E-state index contributed by atoms with van der Waals surface area (Å²) >= 11 is 0. The van der Waals surface area contributed by atoms with E-state index < -0.39 is 0 Å². The van der Waals surface area contributed by atoms with Crippen LogP contribution >= 0.6 is 0 Å². The first-order valence-electron chi connectivity index (χ1n) is 5.45. The van der Waals surface area contributed by atoms with Crippen molar-refractivity contribution < 1.29 is 0 Å². The molecule has 0 saturated heterocycles. The molecule has 1 aromatic heterocycles. The van der Waals surface area contributed by atoms with Gasteiger partial charge in [0.2, 0.25) is 0 Å². The number of nitrogens with two attached hydrogens (primary N) is 1. The Morgan fingerprint density at radius 2 is 2.33 bits per heavy atom. The van der Waals surface area contributed by atoms with Gasteiger partial charge in [-0.1, -0.05) is 12.2 Å². The fraction of sp³-hybridized carbons (Fsp3) is 0.417. The third kappa shape index (κ3) is 2.98. The van der Waals surface area contributed by atoms with Gasteiger partial charge in [0.1, 0.15) is 5.82 Å². The Labute approximate surface area is 90.4 Å². The van der Waals surface area contributed by atoms with Crippen molar-refractivity contribution in [1.82, 2.24) is 4.98 Å². The lowest BCUT2D eigenvalue weighted by Crippen LogP contribution is -2.15. The average molecular weight is 203 g/mol. The lowest BCUT2D eigenvalue weighted by molar-refractivity contribution is 0.503. The molecule has 0 bridgehead atoms. The van der Waals surface area contributed by atoms with E-state index in [2.05, 4.69) is 22.5 Å². The van der Waals surface area contributed by atoms with Crippen molar-refractivity contribution in [3.8, 4) is 0 Å². The van der Waals surface area contributed by atoms with Crippen LogP contribution in [0, 0.1) is 5.92 Å². The smallest absolute Gasteiger partial charge is 0.126 e. The molecule has 1 aliphatic rings. The van der Waals surface area contributed by atoms with Gasteiger partial charge in [-0.3, -0.25) is 0 Å². The van der Waals surface area contributed by atoms with Crippen molar-refractivity contribution in [3.63, 3.8) is 0 Å². The van der Waals surface area contributed by atoms with Gasteiger partial charge in [-0.05, 0) is 37.3 Å². The van der Waals surface area contributed by atoms with Crippen LogP contribution in [0.4, 0.5) is 11.5 Å². The molecule has 0 aliphatic heterocycles. The van der Waals surface area contributed by atoms with Gasteiger partial charge in [0.05, 0.1) is 11.9 Å². The van der Waals surface area contributed by atoms with E-state index in [1.807, 2.05) is 12.1 Å². The number of nitrogen functional groups attached to an aromatic ring is 1. The van der Waals surface area contributed by atoms with Crippen LogP contribution in [-0.4, -0.2) is 11.5 Å². The zero-order chi connectivity index (χ0) is 10.5. The second-order valence-corrected chi connectivity index (χ2v) is 4.01. The molecule has 1 aliphatic carbocycles. The predicted molar refractivity (Wildman–Crippen MR) is 63.6 cm³/mol. The molecule has 0 fully saturated rings. The minimum Gasteiger partial charge on any atom is -0.397 e. The van der Waals surface area contributed by atoms with Gasteiger partial charge < -0.3 is 11.1 Å². The summed E-state index contributed by atoms with van der Waals surface area (Å²) in [4.78, 5) is 4.21. The first-order chi connectivity index (χ1) is 7.34. The van der Waals surface area contributed by atoms with E-state index in [-0.39, 0.29) is 0 Å². The van der Waals surface area contributed by atoms with Crippen molar-refractivity contribution in [3.05, 3.63) is 30.5 Å². The van der Waals surface area contributed by atoms with E-state index in [1.54, 1.807) is 6.20 Å². The second-order valence-electron chi connectivity index (χ2n) is 4.01. The van der Waals surface area contributed by atoms with Crippen LogP contribution < -0.4 is 11.1 Å². The number of rotatable bonds is 3. The van der Waals surface area contributed by atoms with Gasteiger partial charge in [0.15, 0.2) is 0 Å². The van der Waals surface area contributed by atoms with Gasteiger partial charge in [0.25, 0.3) is 0 Å². The largest absolute Gasteiger partial charge is 0.397 e. The molecule has 0 saturated carbocycles. The Bertz CT molecular complexity index is 329. The molecule has 0 spiro atoms. The van der Waals surface area contributed by atoms with E-state index >= 15 is 0 Å². The van der Waals surface area contributed by atoms with Crippen LogP contribution in [0.5, 0.6) is 0 Å². The normalized spacial score (nSPS) is 20.1. The second kappa shape index (κ2) is 4.82.